The van der Waals surface area contributed by atoms with Gasteiger partial charge in [-0.1, -0.05) is 0 Å². The maximum atomic E-state index is 9.63. The molecular weight excluding hydrogens is 192 g/mol. The zero-order valence-electron chi connectivity index (χ0n) is 8.36. The molecule has 0 heterocycles. The Labute approximate surface area is 82.4 Å². The highest BCUT2D eigenvalue weighted by molar-refractivity contribution is 5.68. The van der Waals surface area contributed by atoms with Gasteiger partial charge in [0.2, 0.25) is 0 Å². The summed E-state index contributed by atoms with van der Waals surface area (Å²) >= 11 is 0. The summed E-state index contributed by atoms with van der Waals surface area (Å²) in [7, 11) is 0. The van der Waals surface area contributed by atoms with Crippen LogP contribution in [0.2, 0.25) is 0 Å². The van der Waals surface area contributed by atoms with Crippen molar-refractivity contribution < 1.29 is 29.3 Å². The Kier molecular flexibility index (Phi) is 13.0. The minimum Gasteiger partial charge on any atom is -0.480 e. The van der Waals surface area contributed by atoms with Gasteiger partial charge in [-0.15, -0.1) is 0 Å². The van der Waals surface area contributed by atoms with Gasteiger partial charge < -0.3 is 19.7 Å². The van der Waals surface area contributed by atoms with Crippen molar-refractivity contribution in [2.24, 2.45) is 0 Å². The number of carboxylic acid groups (broad SMARTS) is 2. The zero-order chi connectivity index (χ0) is 11.4. The van der Waals surface area contributed by atoms with E-state index in [2.05, 4.69) is 9.47 Å². The molecule has 0 unspecified atom stereocenters. The van der Waals surface area contributed by atoms with Gasteiger partial charge in [0.05, 0.1) is 0 Å². The van der Waals surface area contributed by atoms with Crippen LogP contribution in [0.1, 0.15) is 13.8 Å². The van der Waals surface area contributed by atoms with E-state index in [1.54, 1.807) is 13.8 Å². The van der Waals surface area contributed by atoms with E-state index in [9.17, 15) is 9.59 Å². The summed E-state index contributed by atoms with van der Waals surface area (Å²) in [4.78, 5) is 19.3. The van der Waals surface area contributed by atoms with Gasteiger partial charge in [0.1, 0.15) is 13.2 Å². The maximum Gasteiger partial charge on any atom is 0.329 e. The highest BCUT2D eigenvalue weighted by Gasteiger charge is 1.91. The quantitative estimate of drug-likeness (QED) is 0.648. The third kappa shape index (κ3) is 22.4. The van der Waals surface area contributed by atoms with Crippen LogP contribution in [0.3, 0.4) is 0 Å². The van der Waals surface area contributed by atoms with Gasteiger partial charge in [-0.3, -0.25) is 0 Å². The number of carboxylic acids is 2. The molecule has 0 spiro atoms. The lowest BCUT2D eigenvalue weighted by molar-refractivity contribution is -0.142. The molecule has 0 aromatic heterocycles. The van der Waals surface area contributed by atoms with Crippen molar-refractivity contribution in [3.05, 3.63) is 0 Å². The fourth-order valence-corrected chi connectivity index (χ4v) is 0.379. The van der Waals surface area contributed by atoms with Crippen LogP contribution in [0.5, 0.6) is 0 Å². The fraction of sp³-hybridized carbons (Fsp3) is 0.750. The Bertz CT molecular complexity index is 138. The second kappa shape index (κ2) is 11.9. The lowest BCUT2D eigenvalue weighted by Gasteiger charge is -1.90. The molecule has 0 saturated carbocycles. The average molecular weight is 208 g/mol. The summed E-state index contributed by atoms with van der Waals surface area (Å²) in [5, 5.41) is 15.8. The van der Waals surface area contributed by atoms with Gasteiger partial charge in [0.25, 0.3) is 0 Å². The number of hydrogen-bond donors (Lipinski definition) is 2. The standard InChI is InChI=1S/2C4H8O3/c2*1-2-7-3-4(5)6/h2*2-3H2,1H3,(H,5,6). The number of rotatable bonds is 6. The summed E-state index contributed by atoms with van der Waals surface area (Å²) in [5.41, 5.74) is 0. The summed E-state index contributed by atoms with van der Waals surface area (Å²) in [6, 6.07) is 0. The molecule has 0 aliphatic rings. The number of ether oxygens (including phenoxy) is 2. The molecule has 0 fully saturated rings. The predicted molar refractivity (Wildman–Crippen MR) is 48.3 cm³/mol. The van der Waals surface area contributed by atoms with Crippen molar-refractivity contribution in [2.45, 2.75) is 13.8 Å². The van der Waals surface area contributed by atoms with Crippen LogP contribution >= 0.6 is 0 Å². The predicted octanol–water partition coefficient (Wildman–Crippen LogP) is 0.215. The van der Waals surface area contributed by atoms with Crippen LogP contribution in [-0.4, -0.2) is 48.6 Å². The van der Waals surface area contributed by atoms with E-state index >= 15 is 0 Å². The molecule has 0 aliphatic heterocycles. The highest BCUT2D eigenvalue weighted by Crippen LogP contribution is 1.70. The molecule has 0 saturated heterocycles. The van der Waals surface area contributed by atoms with Gasteiger partial charge >= 0.3 is 11.9 Å². The van der Waals surface area contributed by atoms with Crippen LogP contribution in [0.25, 0.3) is 0 Å². The SMILES string of the molecule is CCOCC(=O)O.CCOCC(=O)O. The highest BCUT2D eigenvalue weighted by atomic mass is 16.5. The average Bonchev–Trinajstić information content (AvgIpc) is 2.12. The van der Waals surface area contributed by atoms with Crippen molar-refractivity contribution in [1.82, 2.24) is 0 Å². The Hall–Kier alpha value is -1.14. The minimum absolute atomic E-state index is 0.184. The van der Waals surface area contributed by atoms with Crippen molar-refractivity contribution >= 4 is 11.9 Å². The van der Waals surface area contributed by atoms with Crippen molar-refractivity contribution in [2.75, 3.05) is 26.4 Å². The van der Waals surface area contributed by atoms with Crippen LogP contribution in [-0.2, 0) is 19.1 Å². The Morgan fingerprint density at radius 3 is 1.29 bits per heavy atom. The van der Waals surface area contributed by atoms with E-state index in [-0.39, 0.29) is 13.2 Å². The maximum absolute atomic E-state index is 9.63. The van der Waals surface area contributed by atoms with E-state index in [4.69, 9.17) is 10.2 Å². The molecule has 0 amide bonds. The second-order valence-electron chi connectivity index (χ2n) is 2.06. The third-order valence-corrected chi connectivity index (χ3v) is 0.859. The Balaban J connectivity index is 0. The first kappa shape index (κ1) is 15.3. The van der Waals surface area contributed by atoms with Crippen LogP contribution in [0.4, 0.5) is 0 Å². The molecule has 0 aromatic rings. The van der Waals surface area contributed by atoms with E-state index in [1.807, 2.05) is 0 Å². The summed E-state index contributed by atoms with van der Waals surface area (Å²) in [5.74, 6) is -1.83. The van der Waals surface area contributed by atoms with Crippen LogP contribution in [0.15, 0.2) is 0 Å². The lowest BCUT2D eigenvalue weighted by Crippen LogP contribution is -2.05. The monoisotopic (exact) mass is 208 g/mol. The molecule has 0 bridgehead atoms. The second-order valence-corrected chi connectivity index (χ2v) is 2.06. The summed E-state index contributed by atoms with van der Waals surface area (Å²) < 4.78 is 8.99. The number of aliphatic carboxylic acids is 2. The lowest BCUT2D eigenvalue weighted by atomic mass is 10.7. The van der Waals surface area contributed by atoms with E-state index in [0.717, 1.165) is 0 Å². The van der Waals surface area contributed by atoms with Crippen molar-refractivity contribution in [3.63, 3.8) is 0 Å². The van der Waals surface area contributed by atoms with Gasteiger partial charge in [-0.05, 0) is 13.8 Å². The van der Waals surface area contributed by atoms with Crippen molar-refractivity contribution in [3.8, 4) is 0 Å². The number of carbonyl (C=O) groups is 2. The van der Waals surface area contributed by atoms with Gasteiger partial charge in [-0.25, -0.2) is 9.59 Å². The van der Waals surface area contributed by atoms with Gasteiger partial charge in [0.15, 0.2) is 0 Å². The normalized spacial score (nSPS) is 8.71. The first-order valence-corrected chi connectivity index (χ1v) is 4.13. The first-order valence-electron chi connectivity index (χ1n) is 4.13. The summed E-state index contributed by atoms with van der Waals surface area (Å²) in [6.45, 7) is 4.07. The van der Waals surface area contributed by atoms with Gasteiger partial charge in [-0.2, -0.15) is 0 Å². The Morgan fingerprint density at radius 1 is 0.929 bits per heavy atom. The molecule has 0 atom stereocenters. The number of hydrogen-bond acceptors (Lipinski definition) is 4. The smallest absolute Gasteiger partial charge is 0.329 e. The molecule has 2 N–H and O–H groups in total. The Morgan fingerprint density at radius 2 is 1.21 bits per heavy atom. The summed E-state index contributed by atoms with van der Waals surface area (Å²) in [6.07, 6.45) is 0. The zero-order valence-corrected chi connectivity index (χ0v) is 8.36. The molecule has 0 aliphatic carbocycles. The van der Waals surface area contributed by atoms with E-state index in [1.165, 1.54) is 0 Å². The van der Waals surface area contributed by atoms with E-state index in [0.29, 0.717) is 13.2 Å². The van der Waals surface area contributed by atoms with Crippen LogP contribution in [0, 0.1) is 0 Å². The molecule has 6 heteroatoms. The molecule has 0 radical (unpaired) electrons. The molecule has 6 nitrogen and oxygen atoms in total. The minimum atomic E-state index is -0.915. The fourth-order valence-electron chi connectivity index (χ4n) is 0.379. The molecular formula is C8H16O6. The van der Waals surface area contributed by atoms with E-state index < -0.39 is 11.9 Å². The first-order chi connectivity index (χ1) is 6.54. The molecule has 14 heavy (non-hydrogen) atoms. The third-order valence-electron chi connectivity index (χ3n) is 0.859. The molecule has 84 valence electrons. The van der Waals surface area contributed by atoms with Crippen molar-refractivity contribution in [1.29, 1.82) is 0 Å². The molecule has 0 aromatic carbocycles. The largest absolute Gasteiger partial charge is 0.480 e. The molecule has 0 rings (SSSR count). The topological polar surface area (TPSA) is 93.1 Å². The van der Waals surface area contributed by atoms with Gasteiger partial charge in [0, 0.05) is 13.2 Å². The van der Waals surface area contributed by atoms with Crippen LogP contribution < -0.4 is 0 Å².